The van der Waals surface area contributed by atoms with Crippen LogP contribution in [-0.4, -0.2) is 23.5 Å². The molecule has 1 heteroatoms. The van der Waals surface area contributed by atoms with Gasteiger partial charge in [0.1, 0.15) is 0 Å². The van der Waals surface area contributed by atoms with Gasteiger partial charge in [0.15, 0.2) is 0 Å². The van der Waals surface area contributed by atoms with Crippen molar-refractivity contribution >= 4 is 0 Å². The van der Waals surface area contributed by atoms with Crippen molar-refractivity contribution < 1.29 is 0 Å². The summed E-state index contributed by atoms with van der Waals surface area (Å²) >= 11 is 0. The number of hydrogen-bond acceptors (Lipinski definition) is 1. The molecule has 4 rings (SSSR count). The van der Waals surface area contributed by atoms with E-state index in [1.807, 2.05) is 0 Å². The summed E-state index contributed by atoms with van der Waals surface area (Å²) in [6, 6.07) is 1.06. The molecule has 3 saturated carbocycles. The van der Waals surface area contributed by atoms with E-state index in [0.29, 0.717) is 0 Å². The van der Waals surface area contributed by atoms with E-state index in [-0.39, 0.29) is 0 Å². The van der Waals surface area contributed by atoms with Gasteiger partial charge in [0.2, 0.25) is 0 Å². The predicted molar refractivity (Wildman–Crippen MR) is 31.6 cm³/mol. The molecule has 1 heterocycles. The summed E-state index contributed by atoms with van der Waals surface area (Å²) < 4.78 is 0. The fraction of sp³-hybridized carbons (Fsp3) is 1.00. The Morgan fingerprint density at radius 3 is 2.75 bits per heavy atom. The lowest BCUT2D eigenvalue weighted by atomic mass is 9.85. The van der Waals surface area contributed by atoms with Gasteiger partial charge < -0.3 is 0 Å². The van der Waals surface area contributed by atoms with E-state index in [9.17, 15) is 0 Å². The van der Waals surface area contributed by atoms with Crippen molar-refractivity contribution in [2.45, 2.75) is 30.8 Å². The van der Waals surface area contributed by atoms with Gasteiger partial charge in [0, 0.05) is 11.6 Å². The van der Waals surface area contributed by atoms with E-state index >= 15 is 0 Å². The van der Waals surface area contributed by atoms with Crippen LogP contribution in [0.25, 0.3) is 0 Å². The highest BCUT2D eigenvalue weighted by atomic mass is 15.4. The van der Waals surface area contributed by atoms with Crippen LogP contribution in [0, 0.1) is 5.92 Å². The molecular weight excluding hydrogens is 98.1 g/mol. The first-order valence-corrected chi connectivity index (χ1v) is 3.57. The number of fused-ring (bicyclic) bond motifs is 1. The molecule has 4 unspecified atom stereocenters. The highest BCUT2D eigenvalue weighted by Gasteiger charge is 2.75. The van der Waals surface area contributed by atoms with Gasteiger partial charge in [-0.25, -0.2) is 0 Å². The van der Waals surface area contributed by atoms with Crippen molar-refractivity contribution in [2.75, 3.05) is 7.05 Å². The largest absolute Gasteiger partial charge is 0.294 e. The first-order chi connectivity index (χ1) is 3.84. The van der Waals surface area contributed by atoms with Gasteiger partial charge in [-0.1, -0.05) is 0 Å². The van der Waals surface area contributed by atoms with E-state index in [4.69, 9.17) is 0 Å². The first-order valence-electron chi connectivity index (χ1n) is 3.57. The zero-order valence-corrected chi connectivity index (χ0v) is 5.22. The lowest BCUT2D eigenvalue weighted by molar-refractivity contribution is 0.418. The van der Waals surface area contributed by atoms with Gasteiger partial charge in [-0.3, -0.25) is 4.90 Å². The van der Waals surface area contributed by atoms with Crippen LogP contribution in [-0.2, 0) is 0 Å². The van der Waals surface area contributed by atoms with Gasteiger partial charge in [-0.15, -0.1) is 0 Å². The Balaban J connectivity index is 2.08. The van der Waals surface area contributed by atoms with E-state index in [2.05, 4.69) is 11.9 Å². The van der Waals surface area contributed by atoms with Crippen molar-refractivity contribution in [3.05, 3.63) is 0 Å². The molecule has 0 amide bonds. The predicted octanol–water partition coefficient (Wildman–Crippen LogP) is 0.853. The molecule has 8 heavy (non-hydrogen) atoms. The summed E-state index contributed by atoms with van der Waals surface area (Å²) in [5.41, 5.74) is 0.796. The van der Waals surface area contributed by atoms with Gasteiger partial charge in [-0.05, 0) is 32.2 Å². The van der Waals surface area contributed by atoms with Crippen LogP contribution in [0.15, 0.2) is 0 Å². The lowest BCUT2D eigenvalue weighted by Crippen LogP contribution is -2.24. The van der Waals surface area contributed by atoms with E-state index < -0.39 is 0 Å². The fourth-order valence-corrected chi connectivity index (χ4v) is 3.10. The molecule has 4 atom stereocenters. The maximum Gasteiger partial charge on any atom is 0.0371 e. The van der Waals surface area contributed by atoms with Crippen LogP contribution in [0.4, 0.5) is 0 Å². The monoisotopic (exact) mass is 109 g/mol. The summed E-state index contributed by atoms with van der Waals surface area (Å²) in [7, 11) is 2.28. The van der Waals surface area contributed by atoms with Crippen LogP contribution in [0.1, 0.15) is 19.3 Å². The third-order valence-corrected chi connectivity index (χ3v) is 3.61. The first kappa shape index (κ1) is 3.89. The molecule has 44 valence electrons. The van der Waals surface area contributed by atoms with Crippen molar-refractivity contribution in [3.63, 3.8) is 0 Å². The average molecular weight is 109 g/mol. The van der Waals surface area contributed by atoms with Gasteiger partial charge in [0.25, 0.3) is 0 Å². The number of nitrogens with zero attached hydrogens (tertiary/aromatic N) is 1. The van der Waals surface area contributed by atoms with Crippen molar-refractivity contribution in [3.8, 4) is 0 Å². The average Bonchev–Trinajstić information content (AvgIpc) is 2.05. The van der Waals surface area contributed by atoms with E-state index in [0.717, 1.165) is 17.5 Å². The molecule has 0 N–H and O–H groups in total. The number of likely N-dealkylation sites (N-methyl/N-ethyl adjacent to an activating group) is 1. The molecule has 0 aromatic carbocycles. The van der Waals surface area contributed by atoms with Gasteiger partial charge in [-0.2, -0.15) is 0 Å². The van der Waals surface area contributed by atoms with Crippen LogP contribution < -0.4 is 0 Å². The second-order valence-corrected chi connectivity index (χ2v) is 3.66. The Bertz CT molecular complexity index is 148. The number of piperidine rings is 1. The number of rotatable bonds is 0. The molecule has 1 saturated heterocycles. The highest BCUT2D eigenvalue weighted by Crippen LogP contribution is 2.68. The standard InChI is InChI=1S/C7H11N/c1-8-6-5-2-3-7(6,8)4-5/h5-6H,2-4H2,1H3. The Hall–Kier alpha value is -0.0400. The Morgan fingerprint density at radius 2 is 2.50 bits per heavy atom. The summed E-state index contributed by atoms with van der Waals surface area (Å²) in [4.78, 5) is 2.57. The Labute approximate surface area is 49.7 Å². The van der Waals surface area contributed by atoms with E-state index in [1.54, 1.807) is 0 Å². The molecule has 3 aliphatic carbocycles. The maximum atomic E-state index is 2.57. The second kappa shape index (κ2) is 0.766. The van der Waals surface area contributed by atoms with Crippen molar-refractivity contribution in [1.82, 2.24) is 4.90 Å². The zero-order valence-electron chi connectivity index (χ0n) is 5.22. The van der Waals surface area contributed by atoms with E-state index in [1.165, 1.54) is 19.3 Å². The van der Waals surface area contributed by atoms with Crippen LogP contribution in [0.2, 0.25) is 0 Å². The summed E-state index contributed by atoms with van der Waals surface area (Å²) in [6.45, 7) is 0. The van der Waals surface area contributed by atoms with Crippen molar-refractivity contribution in [2.24, 2.45) is 5.92 Å². The number of likely N-dealkylation sites (tertiary alicyclic amines) is 1. The lowest BCUT2D eigenvalue weighted by Gasteiger charge is -2.16. The van der Waals surface area contributed by atoms with Gasteiger partial charge in [0.05, 0.1) is 0 Å². The molecule has 1 spiro atoms. The van der Waals surface area contributed by atoms with Crippen LogP contribution in [0.5, 0.6) is 0 Å². The molecule has 0 aromatic rings. The zero-order chi connectivity index (χ0) is 5.35. The van der Waals surface area contributed by atoms with Gasteiger partial charge >= 0.3 is 0 Å². The smallest absolute Gasteiger partial charge is 0.0371 e. The third-order valence-electron chi connectivity index (χ3n) is 3.61. The SMILES string of the molecule is CN1C2C3CCC21C3. The van der Waals surface area contributed by atoms with Crippen molar-refractivity contribution in [1.29, 1.82) is 0 Å². The minimum absolute atomic E-state index is 0.796. The fourth-order valence-electron chi connectivity index (χ4n) is 3.10. The van der Waals surface area contributed by atoms with Crippen LogP contribution >= 0.6 is 0 Å². The highest BCUT2D eigenvalue weighted by molar-refractivity contribution is 5.31. The molecule has 4 fully saturated rings. The Kier molecular flexibility index (Phi) is 0.372. The minimum Gasteiger partial charge on any atom is -0.294 e. The second-order valence-electron chi connectivity index (χ2n) is 3.66. The molecule has 1 nitrogen and oxygen atoms in total. The Morgan fingerprint density at radius 1 is 1.62 bits per heavy atom. The van der Waals surface area contributed by atoms with Crippen LogP contribution in [0.3, 0.4) is 0 Å². The third kappa shape index (κ3) is 0.175. The summed E-state index contributed by atoms with van der Waals surface area (Å²) in [6.07, 6.45) is 4.59. The molecule has 4 aliphatic rings. The summed E-state index contributed by atoms with van der Waals surface area (Å²) in [5, 5.41) is 0. The molecular formula is C7H11N. The quantitative estimate of drug-likeness (QED) is 0.417. The normalized spacial score (nSPS) is 73.9. The maximum absolute atomic E-state index is 2.57. The molecule has 0 aromatic heterocycles. The molecule has 1 aliphatic heterocycles. The number of hydrogen-bond donors (Lipinski definition) is 0. The molecule has 2 bridgehead atoms. The summed E-state index contributed by atoms with van der Waals surface area (Å²) in [5.74, 6) is 1.12. The molecule has 0 radical (unpaired) electrons. The topological polar surface area (TPSA) is 3.01 Å². The minimum atomic E-state index is 0.796.